The molecule has 3 rings (SSSR count). The summed E-state index contributed by atoms with van der Waals surface area (Å²) in [5.74, 6) is 0.840. The molecule has 23 heavy (non-hydrogen) atoms. The van der Waals surface area contributed by atoms with Crippen LogP contribution in [0.25, 0.3) is 0 Å². The molecule has 0 N–H and O–H groups in total. The van der Waals surface area contributed by atoms with Gasteiger partial charge in [-0.05, 0) is 30.2 Å². The van der Waals surface area contributed by atoms with Gasteiger partial charge in [0.15, 0.2) is 0 Å². The van der Waals surface area contributed by atoms with Crippen molar-refractivity contribution in [3.8, 4) is 5.75 Å². The first-order chi connectivity index (χ1) is 11.2. The molecular weight excluding hydrogens is 290 g/mol. The number of amides is 1. The Bertz CT molecular complexity index is 671. The zero-order chi connectivity index (χ0) is 16.2. The predicted molar refractivity (Wildman–Crippen MR) is 88.1 cm³/mol. The van der Waals surface area contributed by atoms with Crippen molar-refractivity contribution in [3.63, 3.8) is 0 Å². The summed E-state index contributed by atoms with van der Waals surface area (Å²) in [5.41, 5.74) is 2.06. The van der Waals surface area contributed by atoms with E-state index in [0.717, 1.165) is 16.9 Å². The van der Waals surface area contributed by atoms with Crippen LogP contribution in [0.2, 0.25) is 0 Å². The van der Waals surface area contributed by atoms with Gasteiger partial charge in [0.2, 0.25) is 5.91 Å². The van der Waals surface area contributed by atoms with Gasteiger partial charge in [-0.3, -0.25) is 4.79 Å². The van der Waals surface area contributed by atoms with Gasteiger partial charge in [-0.25, -0.2) is 0 Å². The van der Waals surface area contributed by atoms with E-state index in [4.69, 9.17) is 9.47 Å². The van der Waals surface area contributed by atoms with Gasteiger partial charge in [0.25, 0.3) is 0 Å². The highest BCUT2D eigenvalue weighted by Crippen LogP contribution is 2.29. The maximum atomic E-state index is 12.6. The Balaban J connectivity index is 1.68. The lowest BCUT2D eigenvalue weighted by atomic mass is 10.1. The van der Waals surface area contributed by atoms with Crippen LogP contribution in [0.4, 0.5) is 0 Å². The van der Waals surface area contributed by atoms with E-state index < -0.39 is 0 Å². The molecule has 2 aromatic rings. The SMILES string of the molecule is COc1cccc(CC(=O)N2CC(c3ccccc3)OC2C)c1. The lowest BCUT2D eigenvalue weighted by Gasteiger charge is -2.19. The summed E-state index contributed by atoms with van der Waals surface area (Å²) in [5, 5.41) is 0. The molecular formula is C19H21NO3. The fraction of sp³-hybridized carbons (Fsp3) is 0.316. The predicted octanol–water partition coefficient (Wildman–Crippen LogP) is 3.18. The number of carbonyl (C=O) groups is 1. The third kappa shape index (κ3) is 3.54. The van der Waals surface area contributed by atoms with Crippen LogP contribution in [0, 0.1) is 0 Å². The summed E-state index contributed by atoms with van der Waals surface area (Å²) in [4.78, 5) is 14.4. The third-order valence-electron chi connectivity index (χ3n) is 4.14. The average molecular weight is 311 g/mol. The van der Waals surface area contributed by atoms with Crippen molar-refractivity contribution in [2.24, 2.45) is 0 Å². The monoisotopic (exact) mass is 311 g/mol. The maximum absolute atomic E-state index is 12.6. The van der Waals surface area contributed by atoms with Crippen LogP contribution in [-0.2, 0) is 16.0 Å². The van der Waals surface area contributed by atoms with Crippen molar-refractivity contribution in [3.05, 3.63) is 65.7 Å². The minimum atomic E-state index is -0.210. The summed E-state index contributed by atoms with van der Waals surface area (Å²) in [6.45, 7) is 2.51. The van der Waals surface area contributed by atoms with Gasteiger partial charge >= 0.3 is 0 Å². The third-order valence-corrected chi connectivity index (χ3v) is 4.14. The topological polar surface area (TPSA) is 38.8 Å². The van der Waals surface area contributed by atoms with Crippen LogP contribution in [0.1, 0.15) is 24.2 Å². The number of rotatable bonds is 4. The van der Waals surface area contributed by atoms with Crippen molar-refractivity contribution < 1.29 is 14.3 Å². The van der Waals surface area contributed by atoms with E-state index in [1.54, 1.807) is 12.0 Å². The van der Waals surface area contributed by atoms with E-state index in [9.17, 15) is 4.79 Å². The molecule has 1 heterocycles. The van der Waals surface area contributed by atoms with Crippen LogP contribution in [0.5, 0.6) is 5.75 Å². The van der Waals surface area contributed by atoms with E-state index in [2.05, 4.69) is 0 Å². The van der Waals surface area contributed by atoms with E-state index in [0.29, 0.717) is 13.0 Å². The summed E-state index contributed by atoms with van der Waals surface area (Å²) >= 11 is 0. The van der Waals surface area contributed by atoms with Gasteiger partial charge in [-0.1, -0.05) is 42.5 Å². The summed E-state index contributed by atoms with van der Waals surface area (Å²) < 4.78 is 11.2. The molecule has 0 aliphatic carbocycles. The number of ether oxygens (including phenoxy) is 2. The second kappa shape index (κ2) is 6.84. The average Bonchev–Trinajstić information content (AvgIpc) is 2.98. The highest BCUT2D eigenvalue weighted by Gasteiger charge is 2.33. The lowest BCUT2D eigenvalue weighted by Crippen LogP contribution is -2.35. The molecule has 0 aromatic heterocycles. The van der Waals surface area contributed by atoms with E-state index in [-0.39, 0.29) is 18.2 Å². The molecule has 1 aliphatic heterocycles. The number of carbonyl (C=O) groups excluding carboxylic acids is 1. The van der Waals surface area contributed by atoms with Gasteiger partial charge in [0, 0.05) is 0 Å². The van der Waals surface area contributed by atoms with Crippen molar-refractivity contribution >= 4 is 5.91 Å². The minimum Gasteiger partial charge on any atom is -0.497 e. The minimum absolute atomic E-state index is 0.0551. The van der Waals surface area contributed by atoms with Crippen LogP contribution in [0.15, 0.2) is 54.6 Å². The number of hydrogen-bond donors (Lipinski definition) is 0. The van der Waals surface area contributed by atoms with Crippen LogP contribution < -0.4 is 4.74 Å². The molecule has 1 saturated heterocycles. The first kappa shape index (κ1) is 15.6. The number of methoxy groups -OCH3 is 1. The second-order valence-electron chi connectivity index (χ2n) is 5.71. The molecule has 0 bridgehead atoms. The molecule has 2 atom stereocenters. The molecule has 1 aliphatic rings. The van der Waals surface area contributed by atoms with Crippen molar-refractivity contribution in [2.45, 2.75) is 25.7 Å². The zero-order valence-corrected chi connectivity index (χ0v) is 13.4. The molecule has 2 unspecified atom stereocenters. The Morgan fingerprint density at radius 2 is 2.00 bits per heavy atom. The molecule has 0 radical (unpaired) electrons. The van der Waals surface area contributed by atoms with Crippen LogP contribution in [0.3, 0.4) is 0 Å². The Morgan fingerprint density at radius 1 is 1.22 bits per heavy atom. The van der Waals surface area contributed by atoms with Crippen molar-refractivity contribution in [1.29, 1.82) is 0 Å². The molecule has 1 amide bonds. The summed E-state index contributed by atoms with van der Waals surface area (Å²) in [6, 6.07) is 17.6. The van der Waals surface area contributed by atoms with Crippen LogP contribution in [-0.4, -0.2) is 30.7 Å². The first-order valence-electron chi connectivity index (χ1n) is 7.80. The van der Waals surface area contributed by atoms with Gasteiger partial charge in [0.05, 0.1) is 20.1 Å². The lowest BCUT2D eigenvalue weighted by molar-refractivity contribution is -0.134. The highest BCUT2D eigenvalue weighted by atomic mass is 16.5. The fourth-order valence-electron chi connectivity index (χ4n) is 2.90. The van der Waals surface area contributed by atoms with E-state index in [1.807, 2.05) is 61.5 Å². The molecule has 4 heteroatoms. The summed E-state index contributed by atoms with van der Waals surface area (Å²) in [7, 11) is 1.63. The molecule has 1 fully saturated rings. The van der Waals surface area contributed by atoms with Crippen molar-refractivity contribution in [2.75, 3.05) is 13.7 Å². The van der Waals surface area contributed by atoms with Gasteiger partial charge < -0.3 is 14.4 Å². The van der Waals surface area contributed by atoms with Crippen molar-refractivity contribution in [1.82, 2.24) is 4.90 Å². The second-order valence-corrected chi connectivity index (χ2v) is 5.71. The van der Waals surface area contributed by atoms with E-state index in [1.165, 1.54) is 0 Å². The Morgan fingerprint density at radius 3 is 2.74 bits per heavy atom. The zero-order valence-electron chi connectivity index (χ0n) is 13.4. The van der Waals surface area contributed by atoms with Gasteiger partial charge in [-0.2, -0.15) is 0 Å². The number of benzene rings is 2. The molecule has 4 nitrogen and oxygen atoms in total. The largest absolute Gasteiger partial charge is 0.497 e. The number of nitrogens with zero attached hydrogens (tertiary/aromatic N) is 1. The Hall–Kier alpha value is -2.33. The quantitative estimate of drug-likeness (QED) is 0.870. The normalized spacial score (nSPS) is 20.5. The highest BCUT2D eigenvalue weighted by molar-refractivity contribution is 5.79. The molecule has 120 valence electrons. The summed E-state index contributed by atoms with van der Waals surface area (Å²) in [6.07, 6.45) is 0.0886. The van der Waals surface area contributed by atoms with Gasteiger partial charge in [-0.15, -0.1) is 0 Å². The first-order valence-corrected chi connectivity index (χ1v) is 7.80. The Labute approximate surface area is 136 Å². The smallest absolute Gasteiger partial charge is 0.229 e. The molecule has 0 saturated carbocycles. The molecule has 0 spiro atoms. The van der Waals surface area contributed by atoms with Crippen LogP contribution >= 0.6 is 0 Å². The number of hydrogen-bond acceptors (Lipinski definition) is 3. The fourth-order valence-corrected chi connectivity index (χ4v) is 2.90. The van der Waals surface area contributed by atoms with Gasteiger partial charge in [0.1, 0.15) is 18.1 Å². The Kier molecular flexibility index (Phi) is 4.63. The maximum Gasteiger partial charge on any atom is 0.229 e. The molecule has 2 aromatic carbocycles. The van der Waals surface area contributed by atoms with E-state index >= 15 is 0 Å². The standard InChI is InChI=1S/C19H21NO3/c1-14-20(13-18(23-14)16-8-4-3-5-9-16)19(21)12-15-7-6-10-17(11-15)22-2/h3-11,14,18H,12-13H2,1-2H3.